The molecule has 1 aromatic rings. The van der Waals surface area contributed by atoms with E-state index in [0.717, 1.165) is 6.54 Å². The number of hydrogen-bond donors (Lipinski definition) is 2. The van der Waals surface area contributed by atoms with Gasteiger partial charge < -0.3 is 5.32 Å². The number of rotatable bonds is 4. The van der Waals surface area contributed by atoms with Gasteiger partial charge in [-0.3, -0.25) is 10.1 Å². The molecule has 9 heteroatoms. The summed E-state index contributed by atoms with van der Waals surface area (Å²) >= 11 is 0. The van der Waals surface area contributed by atoms with Gasteiger partial charge in [-0.2, -0.15) is 0 Å². The molecule has 1 aliphatic heterocycles. The van der Waals surface area contributed by atoms with Crippen molar-refractivity contribution in [3.05, 3.63) is 33.9 Å². The topological polar surface area (TPSA) is 101 Å². The van der Waals surface area contributed by atoms with Gasteiger partial charge in [0.05, 0.1) is 9.82 Å². The minimum absolute atomic E-state index is 0. The highest BCUT2D eigenvalue weighted by atomic mass is 35.5. The van der Waals surface area contributed by atoms with Gasteiger partial charge >= 0.3 is 0 Å². The molecule has 1 aliphatic rings. The molecule has 1 aromatic carbocycles. The third kappa shape index (κ3) is 3.45. The van der Waals surface area contributed by atoms with Gasteiger partial charge in [-0.25, -0.2) is 13.1 Å². The van der Waals surface area contributed by atoms with Crippen molar-refractivity contribution in [1.82, 2.24) is 10.0 Å². The lowest BCUT2D eigenvalue weighted by Gasteiger charge is -2.13. The number of nitrogens with one attached hydrogen (secondary N) is 2. The first-order valence-corrected chi connectivity index (χ1v) is 7.37. The van der Waals surface area contributed by atoms with Gasteiger partial charge in [0.25, 0.3) is 5.69 Å². The zero-order valence-electron chi connectivity index (χ0n) is 10.8. The minimum atomic E-state index is -3.72. The quantitative estimate of drug-likeness (QED) is 0.635. The lowest BCUT2D eigenvalue weighted by Crippen LogP contribution is -2.36. The van der Waals surface area contributed by atoms with Crippen LogP contribution in [0, 0.1) is 17.0 Å². The number of halogens is 1. The Morgan fingerprint density at radius 3 is 2.70 bits per heavy atom. The van der Waals surface area contributed by atoms with Crippen LogP contribution in [0.15, 0.2) is 23.1 Å². The van der Waals surface area contributed by atoms with E-state index in [2.05, 4.69) is 10.0 Å². The number of benzene rings is 1. The molecule has 0 bridgehead atoms. The molecule has 1 heterocycles. The molecule has 0 spiro atoms. The van der Waals surface area contributed by atoms with Crippen molar-refractivity contribution < 1.29 is 13.3 Å². The van der Waals surface area contributed by atoms with Crippen LogP contribution in [-0.4, -0.2) is 32.5 Å². The summed E-state index contributed by atoms with van der Waals surface area (Å²) in [6.45, 7) is 2.79. The monoisotopic (exact) mass is 321 g/mol. The van der Waals surface area contributed by atoms with Crippen LogP contribution in [0.1, 0.15) is 12.0 Å². The third-order valence-electron chi connectivity index (χ3n) is 3.12. The average molecular weight is 322 g/mol. The summed E-state index contributed by atoms with van der Waals surface area (Å²) in [5.41, 5.74) is -0.0293. The Hall–Kier alpha value is -1.22. The van der Waals surface area contributed by atoms with Crippen LogP contribution in [0.5, 0.6) is 0 Å². The van der Waals surface area contributed by atoms with Crippen molar-refractivity contribution in [3.8, 4) is 0 Å². The molecule has 7 nitrogen and oxygen atoms in total. The van der Waals surface area contributed by atoms with E-state index in [1.54, 1.807) is 0 Å². The molecule has 0 aliphatic carbocycles. The summed E-state index contributed by atoms with van der Waals surface area (Å²) in [7, 11) is -3.72. The normalized spacial score (nSPS) is 18.6. The fraction of sp³-hybridized carbons (Fsp3) is 0.455. The highest BCUT2D eigenvalue weighted by molar-refractivity contribution is 7.89. The van der Waals surface area contributed by atoms with E-state index in [1.807, 2.05) is 0 Å². The van der Waals surface area contributed by atoms with Crippen LogP contribution in [0.4, 0.5) is 5.69 Å². The molecule has 20 heavy (non-hydrogen) atoms. The summed E-state index contributed by atoms with van der Waals surface area (Å²) < 4.78 is 27.0. The molecule has 1 saturated heterocycles. The van der Waals surface area contributed by atoms with Crippen LogP contribution in [-0.2, 0) is 10.0 Å². The van der Waals surface area contributed by atoms with Gasteiger partial charge in [0.2, 0.25) is 10.0 Å². The van der Waals surface area contributed by atoms with E-state index < -0.39 is 14.9 Å². The fourth-order valence-corrected chi connectivity index (χ4v) is 3.66. The first-order valence-electron chi connectivity index (χ1n) is 5.89. The Kier molecular flexibility index (Phi) is 5.46. The van der Waals surface area contributed by atoms with Crippen LogP contribution >= 0.6 is 12.4 Å². The van der Waals surface area contributed by atoms with E-state index in [9.17, 15) is 18.5 Å². The molecule has 1 atom stereocenters. The first kappa shape index (κ1) is 16.8. The van der Waals surface area contributed by atoms with Crippen LogP contribution in [0.25, 0.3) is 0 Å². The molecule has 0 radical (unpaired) electrons. The van der Waals surface area contributed by atoms with Crippen molar-refractivity contribution in [2.45, 2.75) is 24.3 Å². The van der Waals surface area contributed by atoms with Crippen LogP contribution in [0.3, 0.4) is 0 Å². The summed E-state index contributed by atoms with van der Waals surface area (Å²) in [6.07, 6.45) is 0.715. The molecule has 1 unspecified atom stereocenters. The van der Waals surface area contributed by atoms with Crippen molar-refractivity contribution in [3.63, 3.8) is 0 Å². The maximum atomic E-state index is 12.2. The number of nitro benzene ring substituents is 1. The molecule has 2 rings (SSSR count). The van der Waals surface area contributed by atoms with E-state index in [0.29, 0.717) is 13.0 Å². The van der Waals surface area contributed by atoms with E-state index in [4.69, 9.17) is 0 Å². The minimum Gasteiger partial charge on any atom is -0.315 e. The molecular formula is C11H16ClN3O4S. The molecule has 112 valence electrons. The maximum absolute atomic E-state index is 12.2. The Bertz CT molecular complexity index is 600. The van der Waals surface area contributed by atoms with Gasteiger partial charge in [-0.1, -0.05) is 6.07 Å². The standard InChI is InChI=1S/C11H15N3O4S.ClH/c1-8-10(14(15)16)3-2-4-11(8)19(17,18)13-9-5-6-12-7-9;/h2-4,9,12-13H,5-7H2,1H3;1H. The van der Waals surface area contributed by atoms with Crippen molar-refractivity contribution in [2.75, 3.05) is 13.1 Å². The van der Waals surface area contributed by atoms with Crippen LogP contribution in [0.2, 0.25) is 0 Å². The second kappa shape index (κ2) is 6.49. The fourth-order valence-electron chi connectivity index (χ4n) is 2.13. The second-order valence-electron chi connectivity index (χ2n) is 4.47. The molecule has 1 fully saturated rings. The summed E-state index contributed by atoms with van der Waals surface area (Å²) in [5.74, 6) is 0. The summed E-state index contributed by atoms with van der Waals surface area (Å²) in [4.78, 5) is 10.2. The van der Waals surface area contributed by atoms with E-state index >= 15 is 0 Å². The Balaban J connectivity index is 0.00000200. The lowest BCUT2D eigenvalue weighted by molar-refractivity contribution is -0.385. The highest BCUT2D eigenvalue weighted by Gasteiger charge is 2.26. The number of nitro groups is 1. The molecular weight excluding hydrogens is 306 g/mol. The molecule has 2 N–H and O–H groups in total. The zero-order chi connectivity index (χ0) is 14.0. The van der Waals surface area contributed by atoms with E-state index in [1.165, 1.54) is 25.1 Å². The summed E-state index contributed by atoms with van der Waals surface area (Å²) in [5, 5.41) is 13.9. The Morgan fingerprint density at radius 2 is 2.15 bits per heavy atom. The number of sulfonamides is 1. The largest absolute Gasteiger partial charge is 0.315 e. The predicted molar refractivity (Wildman–Crippen MR) is 76.7 cm³/mol. The Morgan fingerprint density at radius 1 is 1.45 bits per heavy atom. The SMILES string of the molecule is Cc1c([N+](=O)[O-])cccc1S(=O)(=O)NC1CCNC1.Cl. The van der Waals surface area contributed by atoms with Crippen molar-refractivity contribution in [1.29, 1.82) is 0 Å². The maximum Gasteiger partial charge on any atom is 0.273 e. The van der Waals surface area contributed by atoms with Gasteiger partial charge in [-0.05, 0) is 26.0 Å². The van der Waals surface area contributed by atoms with Crippen molar-refractivity contribution >= 4 is 28.1 Å². The number of nitrogens with zero attached hydrogens (tertiary/aromatic N) is 1. The van der Waals surface area contributed by atoms with Gasteiger partial charge in [0, 0.05) is 24.2 Å². The first-order chi connectivity index (χ1) is 8.92. The summed E-state index contributed by atoms with van der Waals surface area (Å²) in [6, 6.07) is 3.90. The molecule has 0 saturated carbocycles. The van der Waals surface area contributed by atoms with Gasteiger partial charge in [-0.15, -0.1) is 12.4 Å². The van der Waals surface area contributed by atoms with Gasteiger partial charge in [0.1, 0.15) is 0 Å². The van der Waals surface area contributed by atoms with Crippen LogP contribution < -0.4 is 10.0 Å². The van der Waals surface area contributed by atoms with Crippen molar-refractivity contribution in [2.24, 2.45) is 0 Å². The smallest absolute Gasteiger partial charge is 0.273 e. The third-order valence-corrected chi connectivity index (χ3v) is 4.79. The Labute approximate surface area is 123 Å². The average Bonchev–Trinajstić information content (AvgIpc) is 2.80. The van der Waals surface area contributed by atoms with Gasteiger partial charge in [0.15, 0.2) is 0 Å². The highest BCUT2D eigenvalue weighted by Crippen LogP contribution is 2.24. The zero-order valence-corrected chi connectivity index (χ0v) is 12.5. The molecule has 0 aromatic heterocycles. The number of hydrogen-bond acceptors (Lipinski definition) is 5. The predicted octanol–water partition coefficient (Wildman–Crippen LogP) is 0.965. The second-order valence-corrected chi connectivity index (χ2v) is 6.15. The molecule has 0 amide bonds. The van der Waals surface area contributed by atoms with E-state index in [-0.39, 0.29) is 34.6 Å². The lowest BCUT2D eigenvalue weighted by atomic mass is 10.2.